The number of rotatable bonds is 15. The molecule has 0 spiro atoms. The molecule has 0 aliphatic rings. The maximum absolute atomic E-state index is 12.2. The van der Waals surface area contributed by atoms with Crippen molar-refractivity contribution in [2.45, 2.75) is 90.9 Å². The quantitative estimate of drug-likeness (QED) is 0.334. The van der Waals surface area contributed by atoms with Gasteiger partial charge in [-0.25, -0.2) is 9.69 Å². The maximum Gasteiger partial charge on any atom is 1.00 e. The summed E-state index contributed by atoms with van der Waals surface area (Å²) < 4.78 is 0. The van der Waals surface area contributed by atoms with Gasteiger partial charge in [0, 0.05) is 5.92 Å². The van der Waals surface area contributed by atoms with Crippen LogP contribution in [0.1, 0.15) is 92.3 Å². The van der Waals surface area contributed by atoms with Crippen molar-refractivity contribution < 1.29 is 55.6 Å². The standard InChI is InChI=1S/C19H35NO5.Na.H/c1-3-5-6-7-8-9-10-11-12-13-14-16(4-2)18(23)20(19(24)25)15-17(21)22;;/h16H,3-15H2,1-2H3,(H,21,22)(H,24,25);;/q;+1;-1. The molecule has 1 unspecified atom stereocenters. The Kier molecular flexibility index (Phi) is 18.9. The van der Waals surface area contributed by atoms with Gasteiger partial charge in [-0.05, 0) is 12.8 Å². The molecule has 2 N–H and O–H groups in total. The smallest absolute Gasteiger partial charge is 1.00 e. The molecular formula is C19H36NNaO5. The summed E-state index contributed by atoms with van der Waals surface area (Å²) in [5.41, 5.74) is 0. The monoisotopic (exact) mass is 381 g/mol. The topological polar surface area (TPSA) is 94.9 Å². The zero-order chi connectivity index (χ0) is 19.1. The zero-order valence-corrected chi connectivity index (χ0v) is 18.8. The molecule has 0 bridgehead atoms. The Morgan fingerprint density at radius 1 is 0.846 bits per heavy atom. The first-order valence-corrected chi connectivity index (χ1v) is 9.70. The molecule has 7 heteroatoms. The van der Waals surface area contributed by atoms with Crippen molar-refractivity contribution >= 4 is 18.0 Å². The van der Waals surface area contributed by atoms with E-state index < -0.39 is 30.4 Å². The van der Waals surface area contributed by atoms with Crippen LogP contribution >= 0.6 is 0 Å². The van der Waals surface area contributed by atoms with E-state index in [4.69, 9.17) is 10.2 Å². The van der Waals surface area contributed by atoms with Crippen molar-refractivity contribution in [3.05, 3.63) is 0 Å². The number of aliphatic carboxylic acids is 1. The number of nitrogens with zero attached hydrogens (tertiary/aromatic N) is 1. The molecule has 0 aliphatic carbocycles. The number of carboxylic acids is 1. The van der Waals surface area contributed by atoms with E-state index in [1.807, 2.05) is 6.92 Å². The largest absolute Gasteiger partial charge is 1.00 e. The molecule has 0 aromatic rings. The van der Waals surface area contributed by atoms with Crippen LogP contribution < -0.4 is 29.6 Å². The third-order valence-corrected chi connectivity index (χ3v) is 4.54. The summed E-state index contributed by atoms with van der Waals surface area (Å²) in [6.45, 7) is 3.26. The zero-order valence-electron chi connectivity index (χ0n) is 17.8. The van der Waals surface area contributed by atoms with Gasteiger partial charge in [0.15, 0.2) is 0 Å². The van der Waals surface area contributed by atoms with E-state index in [0.29, 0.717) is 17.7 Å². The summed E-state index contributed by atoms with van der Waals surface area (Å²) in [4.78, 5) is 34.4. The van der Waals surface area contributed by atoms with Gasteiger partial charge in [-0.3, -0.25) is 9.59 Å². The van der Waals surface area contributed by atoms with Crippen molar-refractivity contribution in [2.24, 2.45) is 5.92 Å². The van der Waals surface area contributed by atoms with Crippen LogP contribution in [0.5, 0.6) is 0 Å². The molecular weight excluding hydrogens is 345 g/mol. The molecule has 0 aliphatic heterocycles. The van der Waals surface area contributed by atoms with Gasteiger partial charge in [-0.1, -0.05) is 78.1 Å². The van der Waals surface area contributed by atoms with Gasteiger partial charge >= 0.3 is 41.6 Å². The second kappa shape index (κ2) is 17.8. The Labute approximate surface area is 181 Å². The predicted molar refractivity (Wildman–Crippen MR) is 98.7 cm³/mol. The van der Waals surface area contributed by atoms with Gasteiger partial charge in [-0.15, -0.1) is 0 Å². The fourth-order valence-electron chi connectivity index (χ4n) is 2.98. The number of hydrogen-bond donors (Lipinski definition) is 2. The Hall–Kier alpha value is -0.590. The van der Waals surface area contributed by atoms with Crippen molar-refractivity contribution in [1.29, 1.82) is 0 Å². The van der Waals surface area contributed by atoms with Crippen LogP contribution in [0.15, 0.2) is 0 Å². The van der Waals surface area contributed by atoms with Gasteiger partial charge in [0.05, 0.1) is 0 Å². The molecule has 0 radical (unpaired) electrons. The summed E-state index contributed by atoms with van der Waals surface area (Å²) in [7, 11) is 0. The molecule has 6 nitrogen and oxygen atoms in total. The molecule has 0 fully saturated rings. The molecule has 0 saturated heterocycles. The first-order valence-electron chi connectivity index (χ1n) is 9.70. The third kappa shape index (κ3) is 13.6. The van der Waals surface area contributed by atoms with Crippen LogP contribution in [0.3, 0.4) is 0 Å². The number of carbonyl (C=O) groups is 3. The minimum Gasteiger partial charge on any atom is -1.00 e. The second-order valence-corrected chi connectivity index (χ2v) is 6.68. The number of hydrogen-bond acceptors (Lipinski definition) is 3. The summed E-state index contributed by atoms with van der Waals surface area (Å²) >= 11 is 0. The number of unbranched alkanes of at least 4 members (excludes halogenated alkanes) is 9. The number of amides is 2. The van der Waals surface area contributed by atoms with Gasteiger partial charge in [0.25, 0.3) is 0 Å². The van der Waals surface area contributed by atoms with Crippen molar-refractivity contribution in [3.63, 3.8) is 0 Å². The molecule has 148 valence electrons. The first kappa shape index (κ1) is 27.6. The van der Waals surface area contributed by atoms with E-state index >= 15 is 0 Å². The Bertz CT molecular complexity index is 410. The average molecular weight is 381 g/mol. The van der Waals surface area contributed by atoms with E-state index in [-0.39, 0.29) is 31.0 Å². The van der Waals surface area contributed by atoms with Crippen LogP contribution in [-0.4, -0.2) is 39.6 Å². The minimum absolute atomic E-state index is 0. The van der Waals surface area contributed by atoms with Gasteiger partial charge in [-0.2, -0.15) is 0 Å². The van der Waals surface area contributed by atoms with Gasteiger partial charge in [0.2, 0.25) is 5.91 Å². The van der Waals surface area contributed by atoms with Crippen molar-refractivity contribution in [1.82, 2.24) is 4.90 Å². The molecule has 0 rings (SSSR count). The van der Waals surface area contributed by atoms with Crippen molar-refractivity contribution in [2.75, 3.05) is 6.54 Å². The molecule has 0 saturated carbocycles. The van der Waals surface area contributed by atoms with E-state index in [1.54, 1.807) is 0 Å². The third-order valence-electron chi connectivity index (χ3n) is 4.54. The molecule has 0 heterocycles. The first-order chi connectivity index (χ1) is 11.9. The molecule has 0 aromatic heterocycles. The average Bonchev–Trinajstić information content (AvgIpc) is 2.57. The predicted octanol–water partition coefficient (Wildman–Crippen LogP) is 2.03. The van der Waals surface area contributed by atoms with E-state index in [1.165, 1.54) is 44.9 Å². The number of carbonyl (C=O) groups excluding carboxylic acids is 1. The van der Waals surface area contributed by atoms with Crippen LogP contribution in [0, 0.1) is 5.92 Å². The number of carboxylic acid groups (broad SMARTS) is 2. The molecule has 26 heavy (non-hydrogen) atoms. The molecule has 1 atom stereocenters. The fraction of sp³-hybridized carbons (Fsp3) is 0.842. The van der Waals surface area contributed by atoms with Crippen LogP contribution in [-0.2, 0) is 9.59 Å². The Morgan fingerprint density at radius 3 is 1.69 bits per heavy atom. The van der Waals surface area contributed by atoms with Crippen LogP contribution in [0.25, 0.3) is 0 Å². The molecule has 0 aromatic carbocycles. The fourth-order valence-corrected chi connectivity index (χ4v) is 2.98. The normalized spacial score (nSPS) is 11.5. The minimum atomic E-state index is -1.49. The van der Waals surface area contributed by atoms with Gasteiger partial charge < -0.3 is 11.6 Å². The van der Waals surface area contributed by atoms with Gasteiger partial charge in [0.1, 0.15) is 6.54 Å². The number of imide groups is 1. The summed E-state index contributed by atoms with van der Waals surface area (Å²) in [6, 6.07) is 0. The summed E-state index contributed by atoms with van der Waals surface area (Å²) in [6.07, 6.45) is 11.7. The Morgan fingerprint density at radius 2 is 1.31 bits per heavy atom. The van der Waals surface area contributed by atoms with E-state index in [2.05, 4.69) is 6.92 Å². The molecule has 2 amide bonds. The summed E-state index contributed by atoms with van der Waals surface area (Å²) in [5.74, 6) is -2.32. The Balaban J connectivity index is -0.00000288. The second-order valence-electron chi connectivity index (χ2n) is 6.68. The van der Waals surface area contributed by atoms with E-state index in [0.717, 1.165) is 19.3 Å². The van der Waals surface area contributed by atoms with Crippen LogP contribution in [0.2, 0.25) is 0 Å². The summed E-state index contributed by atoms with van der Waals surface area (Å²) in [5, 5.41) is 17.8. The SMILES string of the molecule is CCCCCCCCCCCCC(CC)C(=O)N(CC(=O)O)C(=O)O.[H-].[Na+]. The maximum atomic E-state index is 12.2. The van der Waals surface area contributed by atoms with Crippen molar-refractivity contribution in [3.8, 4) is 0 Å². The van der Waals surface area contributed by atoms with E-state index in [9.17, 15) is 14.4 Å². The van der Waals surface area contributed by atoms with Crippen LogP contribution in [0.4, 0.5) is 4.79 Å².